The van der Waals surface area contributed by atoms with Crippen LogP contribution in [0.2, 0.25) is 0 Å². The number of phenols is 2. The molecule has 0 spiro atoms. The van der Waals surface area contributed by atoms with E-state index in [1.807, 2.05) is 0 Å². The Morgan fingerprint density at radius 1 is 1.14 bits per heavy atom. The Bertz CT molecular complexity index is 1540. The number of carbonyl (C=O) groups is 3. The van der Waals surface area contributed by atoms with Crippen LogP contribution in [0.3, 0.4) is 0 Å². The quantitative estimate of drug-likeness (QED) is 0.226. The number of aromatic hydroxyl groups is 2. The van der Waals surface area contributed by atoms with E-state index >= 15 is 0 Å². The van der Waals surface area contributed by atoms with Crippen molar-refractivity contribution in [2.45, 2.75) is 81.6 Å². The molecule has 15 heteroatoms. The van der Waals surface area contributed by atoms with Gasteiger partial charge in [-0.1, -0.05) is 12.1 Å². The molecule has 238 valence electrons. The largest absolute Gasteiger partial charge is 0.507 e. The third-order valence-electron chi connectivity index (χ3n) is 8.48. The Kier molecular flexibility index (Phi) is 7.91. The number of aliphatic hydroxyl groups is 3. The molecule has 5 rings (SSSR count). The van der Waals surface area contributed by atoms with Gasteiger partial charge in [0.1, 0.15) is 23.4 Å². The number of ether oxygens (including phenoxy) is 3. The maximum Gasteiger partial charge on any atom is 0.471 e. The minimum atomic E-state index is -5.23. The maximum atomic E-state index is 13.7. The first-order chi connectivity index (χ1) is 20.5. The first-order valence-corrected chi connectivity index (χ1v) is 13.6. The Balaban J connectivity index is 1.59. The number of hydrogen-bond donors (Lipinski definition) is 6. The first kappa shape index (κ1) is 31.7. The summed E-state index contributed by atoms with van der Waals surface area (Å²) < 4.78 is 55.6. The molecule has 2 aliphatic carbocycles. The van der Waals surface area contributed by atoms with E-state index in [2.05, 4.69) is 0 Å². The molecule has 3 aliphatic rings. The predicted octanol–water partition coefficient (Wildman–Crippen LogP) is 1.54. The van der Waals surface area contributed by atoms with Gasteiger partial charge in [0.2, 0.25) is 5.78 Å². The van der Waals surface area contributed by atoms with Crippen LogP contribution in [0.5, 0.6) is 17.2 Å². The van der Waals surface area contributed by atoms with Crippen molar-refractivity contribution in [1.29, 1.82) is 0 Å². The summed E-state index contributed by atoms with van der Waals surface area (Å²) in [5.74, 6) is -5.42. The van der Waals surface area contributed by atoms with Crippen molar-refractivity contribution < 1.29 is 67.3 Å². The topological polar surface area (TPSA) is 192 Å². The molecule has 0 radical (unpaired) electrons. The van der Waals surface area contributed by atoms with Crippen molar-refractivity contribution in [3.63, 3.8) is 0 Å². The minimum absolute atomic E-state index is 0.0366. The fourth-order valence-corrected chi connectivity index (χ4v) is 6.10. The molecule has 6 unspecified atom stereocenters. The highest BCUT2D eigenvalue weighted by molar-refractivity contribution is 6.31. The van der Waals surface area contributed by atoms with Gasteiger partial charge in [-0.05, 0) is 19.9 Å². The second kappa shape index (κ2) is 11.0. The Labute approximate surface area is 248 Å². The van der Waals surface area contributed by atoms with E-state index in [0.29, 0.717) is 0 Å². The van der Waals surface area contributed by atoms with Crippen LogP contribution in [-0.2, 0) is 20.7 Å². The molecule has 2 aromatic carbocycles. The second-order valence-electron chi connectivity index (χ2n) is 11.2. The molecule has 1 amide bonds. The number of carbonyl (C=O) groups excluding carboxylic acids is 3. The number of rotatable bonds is 5. The highest BCUT2D eigenvalue weighted by Gasteiger charge is 2.50. The highest BCUT2D eigenvalue weighted by atomic mass is 19.4. The molecule has 12 nitrogen and oxygen atoms in total. The molecule has 0 saturated carbocycles. The third-order valence-corrected chi connectivity index (χ3v) is 8.48. The molecule has 0 aromatic heterocycles. The summed E-state index contributed by atoms with van der Waals surface area (Å²) in [4.78, 5) is 38.9. The maximum absolute atomic E-state index is 13.7. The fourth-order valence-electron chi connectivity index (χ4n) is 6.10. The van der Waals surface area contributed by atoms with Gasteiger partial charge in [-0.3, -0.25) is 14.4 Å². The van der Waals surface area contributed by atoms with E-state index in [4.69, 9.17) is 14.2 Å². The van der Waals surface area contributed by atoms with Crippen LogP contribution >= 0.6 is 0 Å². The van der Waals surface area contributed by atoms with E-state index < -0.39 is 108 Å². The van der Waals surface area contributed by atoms with Gasteiger partial charge < -0.3 is 45.1 Å². The summed E-state index contributed by atoms with van der Waals surface area (Å²) in [6.45, 7) is 2.58. The zero-order valence-corrected chi connectivity index (χ0v) is 23.6. The normalized spacial score (nSPS) is 28.9. The molecule has 2 aromatic rings. The van der Waals surface area contributed by atoms with E-state index in [1.165, 1.54) is 39.2 Å². The Hall–Kier alpha value is -3.76. The van der Waals surface area contributed by atoms with Crippen LogP contribution in [0, 0.1) is 0 Å². The van der Waals surface area contributed by atoms with Crippen LogP contribution in [0.25, 0.3) is 0 Å². The van der Waals surface area contributed by atoms with Crippen molar-refractivity contribution >= 4 is 17.5 Å². The number of halogens is 3. The molecule has 1 saturated heterocycles. The average Bonchev–Trinajstić information content (AvgIpc) is 2.94. The zero-order valence-electron chi connectivity index (χ0n) is 23.6. The van der Waals surface area contributed by atoms with Gasteiger partial charge in [0.15, 0.2) is 12.1 Å². The summed E-state index contributed by atoms with van der Waals surface area (Å²) in [5, 5.41) is 56.8. The summed E-state index contributed by atoms with van der Waals surface area (Å²) in [7, 11) is 1.28. The van der Waals surface area contributed by atoms with Crippen molar-refractivity contribution in [1.82, 2.24) is 5.32 Å². The number of amides is 1. The second-order valence-corrected chi connectivity index (χ2v) is 11.2. The van der Waals surface area contributed by atoms with Crippen molar-refractivity contribution in [2.75, 3.05) is 7.11 Å². The minimum Gasteiger partial charge on any atom is -0.507 e. The molecule has 1 fully saturated rings. The predicted molar refractivity (Wildman–Crippen MR) is 141 cm³/mol. The van der Waals surface area contributed by atoms with Crippen molar-refractivity contribution in [3.8, 4) is 17.2 Å². The standard InChI is InChI=1S/C29H30F3NO11/c1-10-22(35)14(33-27(40)29(30,31)32)7-17(43-10)44-16-9-28(41,11(2)34)8-13-19(16)26(39)21-20(24(13)37)23(36)12-5-4-6-15(42-3)18(12)25(21)38/h4-6,10-11,14,16-17,22,34-35,37,39,41H,7-9H2,1-3H3,(H,33,40)/t10?,11?,14?,16-,17?,22?,28?/m0/s1. The smallest absolute Gasteiger partial charge is 0.471 e. The lowest BCUT2D eigenvalue weighted by atomic mass is 9.71. The van der Waals surface area contributed by atoms with Crippen LogP contribution in [0.4, 0.5) is 13.2 Å². The van der Waals surface area contributed by atoms with Gasteiger partial charge in [0, 0.05) is 36.0 Å². The summed E-state index contributed by atoms with van der Waals surface area (Å²) in [6.07, 6.45) is -13.8. The van der Waals surface area contributed by atoms with Gasteiger partial charge >= 0.3 is 12.1 Å². The number of benzene rings is 2. The molecule has 6 N–H and O–H groups in total. The first-order valence-electron chi connectivity index (χ1n) is 13.6. The molecule has 1 aliphatic heterocycles. The molecule has 0 bridgehead atoms. The molecular formula is C29H30F3NO11. The zero-order chi connectivity index (χ0) is 32.5. The van der Waals surface area contributed by atoms with Crippen LogP contribution in [0.1, 0.15) is 75.8 Å². The average molecular weight is 626 g/mol. The number of nitrogens with one attached hydrogen (secondary N) is 1. The lowest BCUT2D eigenvalue weighted by Crippen LogP contribution is -2.57. The van der Waals surface area contributed by atoms with Gasteiger partial charge in [0.25, 0.3) is 0 Å². The van der Waals surface area contributed by atoms with Gasteiger partial charge in [-0.15, -0.1) is 0 Å². The van der Waals surface area contributed by atoms with Crippen molar-refractivity contribution in [3.05, 3.63) is 51.6 Å². The summed E-state index contributed by atoms with van der Waals surface area (Å²) in [5.41, 5.74) is -3.77. The number of hydrogen-bond acceptors (Lipinski definition) is 11. The number of methoxy groups -OCH3 is 1. The lowest BCUT2D eigenvalue weighted by molar-refractivity contribution is -0.253. The fraction of sp³-hybridized carbons (Fsp3) is 0.483. The van der Waals surface area contributed by atoms with E-state index in [9.17, 15) is 53.1 Å². The number of ketones is 2. The molecule has 7 atom stereocenters. The number of phenolic OH excluding ortho intramolecular Hbond substituents is 2. The molecular weight excluding hydrogens is 595 g/mol. The summed E-state index contributed by atoms with van der Waals surface area (Å²) >= 11 is 0. The highest BCUT2D eigenvalue weighted by Crippen LogP contribution is 2.53. The Morgan fingerprint density at radius 3 is 2.41 bits per heavy atom. The van der Waals surface area contributed by atoms with E-state index in [1.54, 1.807) is 5.32 Å². The van der Waals surface area contributed by atoms with Crippen molar-refractivity contribution in [2.24, 2.45) is 0 Å². The molecule has 1 heterocycles. The van der Waals surface area contributed by atoms with E-state index in [0.717, 1.165) is 0 Å². The SMILES string of the molecule is COc1cccc2c1C(=O)c1c(O)c3c(c(O)c1C2=O)CC(O)(C(C)O)C[C@@H]3OC1CC(NC(=O)C(F)(F)F)C(O)C(C)O1. The number of fused-ring (bicyclic) bond motifs is 3. The molecule has 44 heavy (non-hydrogen) atoms. The van der Waals surface area contributed by atoms with Crippen LogP contribution in [0.15, 0.2) is 18.2 Å². The van der Waals surface area contributed by atoms with Gasteiger partial charge in [0.05, 0.1) is 53.8 Å². The lowest BCUT2D eigenvalue weighted by Gasteiger charge is -2.44. The Morgan fingerprint density at radius 2 is 1.80 bits per heavy atom. The van der Waals surface area contributed by atoms with E-state index in [-0.39, 0.29) is 28.0 Å². The number of aliphatic hydroxyl groups excluding tert-OH is 2. The monoisotopic (exact) mass is 625 g/mol. The van der Waals surface area contributed by atoms with Crippen LogP contribution < -0.4 is 10.1 Å². The van der Waals surface area contributed by atoms with Gasteiger partial charge in [-0.25, -0.2) is 0 Å². The summed E-state index contributed by atoms with van der Waals surface area (Å²) in [6, 6.07) is 2.76. The van der Waals surface area contributed by atoms with Gasteiger partial charge in [-0.2, -0.15) is 13.2 Å². The third kappa shape index (κ3) is 5.07. The van der Waals surface area contributed by atoms with Crippen LogP contribution in [-0.4, -0.2) is 92.5 Å². The number of alkyl halides is 3.